The third kappa shape index (κ3) is 3.08. The molecule has 3 heterocycles. The molecule has 0 radical (unpaired) electrons. The van der Waals surface area contributed by atoms with Gasteiger partial charge in [0.25, 0.3) is 0 Å². The van der Waals surface area contributed by atoms with Crippen molar-refractivity contribution >= 4 is 10.9 Å². The van der Waals surface area contributed by atoms with E-state index in [2.05, 4.69) is 70.0 Å². The van der Waals surface area contributed by atoms with Crippen LogP contribution in [0.4, 0.5) is 0 Å². The average Bonchev–Trinajstić information content (AvgIpc) is 3.00. The zero-order valence-electron chi connectivity index (χ0n) is 15.1. The summed E-state index contributed by atoms with van der Waals surface area (Å²) in [5.41, 5.74) is 5.22. The van der Waals surface area contributed by atoms with Gasteiger partial charge in [0, 0.05) is 60.7 Å². The van der Waals surface area contributed by atoms with Gasteiger partial charge in [-0.15, -0.1) is 0 Å². The van der Waals surface area contributed by atoms with Crippen LogP contribution < -0.4 is 0 Å². The summed E-state index contributed by atoms with van der Waals surface area (Å²) in [6.45, 7) is 10.1. The second-order valence-electron chi connectivity index (χ2n) is 6.86. The number of likely N-dealkylation sites (N-methyl/N-ethyl adjacent to an activating group) is 1. The van der Waals surface area contributed by atoms with Crippen molar-refractivity contribution in [2.75, 3.05) is 32.7 Å². The Balaban J connectivity index is 1.79. The van der Waals surface area contributed by atoms with Gasteiger partial charge < -0.3 is 9.88 Å². The van der Waals surface area contributed by atoms with E-state index in [1.807, 2.05) is 12.4 Å². The fourth-order valence-corrected chi connectivity index (χ4v) is 4.09. The number of nitrogens with zero attached hydrogens (tertiary/aromatic N) is 3. The van der Waals surface area contributed by atoms with Crippen molar-refractivity contribution < 1.29 is 0 Å². The van der Waals surface area contributed by atoms with E-state index in [0.717, 1.165) is 32.7 Å². The fraction of sp³-hybridized carbons (Fsp3) is 0.381. The van der Waals surface area contributed by atoms with Gasteiger partial charge in [0.2, 0.25) is 0 Å². The maximum Gasteiger partial charge on any atom is 0.0627 e. The summed E-state index contributed by atoms with van der Waals surface area (Å²) in [6.07, 6.45) is 3.82. The van der Waals surface area contributed by atoms with E-state index in [-0.39, 0.29) is 6.04 Å². The van der Waals surface area contributed by atoms with Crippen LogP contribution in [-0.2, 0) is 0 Å². The van der Waals surface area contributed by atoms with Crippen LogP contribution in [0.15, 0.2) is 48.8 Å². The number of hydrogen-bond acceptors (Lipinski definition) is 3. The summed E-state index contributed by atoms with van der Waals surface area (Å²) in [4.78, 5) is 13.0. The van der Waals surface area contributed by atoms with Gasteiger partial charge in [0.1, 0.15) is 0 Å². The molecular weight excluding hydrogens is 308 g/mol. The first-order valence-electron chi connectivity index (χ1n) is 9.21. The van der Waals surface area contributed by atoms with Crippen LogP contribution in [0.25, 0.3) is 10.9 Å². The molecule has 25 heavy (non-hydrogen) atoms. The molecule has 1 atom stereocenters. The van der Waals surface area contributed by atoms with E-state index < -0.39 is 0 Å². The van der Waals surface area contributed by atoms with Gasteiger partial charge in [0.15, 0.2) is 0 Å². The third-order valence-corrected chi connectivity index (χ3v) is 5.46. The highest BCUT2D eigenvalue weighted by Gasteiger charge is 2.29. The number of rotatable bonds is 4. The molecule has 2 aromatic heterocycles. The Hall–Kier alpha value is -2.17. The number of piperazine rings is 1. The molecule has 1 saturated heterocycles. The third-order valence-electron chi connectivity index (χ3n) is 5.46. The number of aryl methyl sites for hydroxylation is 1. The van der Waals surface area contributed by atoms with Gasteiger partial charge in [-0.25, -0.2) is 0 Å². The van der Waals surface area contributed by atoms with Crippen LogP contribution in [-0.4, -0.2) is 52.5 Å². The summed E-state index contributed by atoms with van der Waals surface area (Å²) in [6, 6.07) is 13.3. The summed E-state index contributed by atoms with van der Waals surface area (Å²) < 4.78 is 0. The molecule has 0 saturated carbocycles. The minimum atomic E-state index is 0.276. The number of nitrogens with one attached hydrogen (secondary N) is 1. The van der Waals surface area contributed by atoms with Crippen LogP contribution in [0, 0.1) is 6.92 Å². The molecule has 0 unspecified atom stereocenters. The highest BCUT2D eigenvalue weighted by Crippen LogP contribution is 2.36. The lowest BCUT2D eigenvalue weighted by Crippen LogP contribution is -2.47. The van der Waals surface area contributed by atoms with Crippen LogP contribution in [0.3, 0.4) is 0 Å². The summed E-state index contributed by atoms with van der Waals surface area (Å²) in [5, 5.41) is 1.33. The maximum atomic E-state index is 4.23. The Bertz CT molecular complexity index is 831. The minimum absolute atomic E-state index is 0.276. The van der Waals surface area contributed by atoms with Crippen LogP contribution in [0.1, 0.15) is 29.8 Å². The quantitative estimate of drug-likeness (QED) is 0.792. The first-order valence-corrected chi connectivity index (χ1v) is 9.21. The molecule has 1 N–H and O–H groups in total. The lowest BCUT2D eigenvalue weighted by molar-refractivity contribution is 0.113. The van der Waals surface area contributed by atoms with Gasteiger partial charge in [-0.2, -0.15) is 0 Å². The predicted molar refractivity (Wildman–Crippen MR) is 103 cm³/mol. The predicted octanol–water partition coefficient (Wildman–Crippen LogP) is 3.60. The molecular formula is C21H26N4. The molecule has 1 aliphatic heterocycles. The van der Waals surface area contributed by atoms with Gasteiger partial charge >= 0.3 is 0 Å². The molecule has 3 aromatic rings. The summed E-state index contributed by atoms with van der Waals surface area (Å²) >= 11 is 0. The van der Waals surface area contributed by atoms with Crippen molar-refractivity contribution in [2.45, 2.75) is 19.9 Å². The van der Waals surface area contributed by atoms with E-state index in [1.54, 1.807) is 0 Å². The summed E-state index contributed by atoms with van der Waals surface area (Å²) in [7, 11) is 0. The van der Waals surface area contributed by atoms with Crippen LogP contribution in [0.5, 0.6) is 0 Å². The van der Waals surface area contributed by atoms with E-state index in [1.165, 1.54) is 27.7 Å². The first-order chi connectivity index (χ1) is 12.3. The smallest absolute Gasteiger partial charge is 0.0627 e. The lowest BCUT2D eigenvalue weighted by atomic mass is 9.94. The maximum absolute atomic E-state index is 4.23. The molecule has 1 fully saturated rings. The zero-order valence-corrected chi connectivity index (χ0v) is 15.1. The van der Waals surface area contributed by atoms with E-state index in [4.69, 9.17) is 0 Å². The molecule has 4 heteroatoms. The lowest BCUT2D eigenvalue weighted by Gasteiger charge is -2.39. The molecule has 4 rings (SSSR count). The number of pyridine rings is 1. The van der Waals surface area contributed by atoms with Gasteiger partial charge in [-0.3, -0.25) is 9.88 Å². The van der Waals surface area contributed by atoms with Gasteiger partial charge in [-0.1, -0.05) is 25.1 Å². The zero-order chi connectivity index (χ0) is 17.2. The van der Waals surface area contributed by atoms with E-state index in [9.17, 15) is 0 Å². The number of H-pyrrole nitrogens is 1. The number of hydrogen-bond donors (Lipinski definition) is 1. The molecule has 0 aliphatic carbocycles. The molecule has 0 spiro atoms. The molecule has 0 bridgehead atoms. The Morgan fingerprint density at radius 3 is 2.48 bits per heavy atom. The molecule has 130 valence electrons. The Morgan fingerprint density at radius 2 is 1.76 bits per heavy atom. The molecule has 4 nitrogen and oxygen atoms in total. The fourth-order valence-electron chi connectivity index (χ4n) is 4.09. The number of benzene rings is 1. The Morgan fingerprint density at radius 1 is 1.04 bits per heavy atom. The monoisotopic (exact) mass is 334 g/mol. The standard InChI is InChI=1S/C21H26N4/c1-3-24-12-14-25(15-13-24)21(17-8-10-22-11-9-17)20-16(2)23-19-7-5-4-6-18(19)20/h4-11,21,23H,3,12-15H2,1-2H3/t21-/m1/s1. The van der Waals surface area contributed by atoms with Crippen LogP contribution >= 0.6 is 0 Å². The first kappa shape index (κ1) is 16.3. The van der Waals surface area contributed by atoms with Crippen molar-refractivity contribution in [3.63, 3.8) is 0 Å². The largest absolute Gasteiger partial charge is 0.358 e. The molecule has 0 amide bonds. The van der Waals surface area contributed by atoms with Crippen molar-refractivity contribution in [1.29, 1.82) is 0 Å². The Labute approximate surface area is 149 Å². The van der Waals surface area contributed by atoms with Crippen molar-refractivity contribution in [3.8, 4) is 0 Å². The highest BCUT2D eigenvalue weighted by atomic mass is 15.3. The second kappa shape index (κ2) is 6.98. The average molecular weight is 334 g/mol. The Kier molecular flexibility index (Phi) is 4.55. The number of para-hydroxylation sites is 1. The van der Waals surface area contributed by atoms with E-state index >= 15 is 0 Å². The van der Waals surface area contributed by atoms with Gasteiger partial charge in [0.05, 0.1) is 6.04 Å². The second-order valence-corrected chi connectivity index (χ2v) is 6.86. The SMILES string of the molecule is CCN1CCN([C@H](c2ccncc2)c2c(C)[nH]c3ccccc23)CC1. The topological polar surface area (TPSA) is 35.2 Å². The van der Waals surface area contributed by atoms with Gasteiger partial charge in [-0.05, 0) is 37.2 Å². The van der Waals surface area contributed by atoms with Crippen molar-refractivity contribution in [1.82, 2.24) is 19.8 Å². The van der Waals surface area contributed by atoms with E-state index in [0.29, 0.717) is 0 Å². The van der Waals surface area contributed by atoms with Crippen molar-refractivity contribution in [2.24, 2.45) is 0 Å². The highest BCUT2D eigenvalue weighted by molar-refractivity contribution is 5.85. The number of aromatic nitrogens is 2. The van der Waals surface area contributed by atoms with Crippen LogP contribution in [0.2, 0.25) is 0 Å². The molecule has 1 aromatic carbocycles. The number of aromatic amines is 1. The summed E-state index contributed by atoms with van der Waals surface area (Å²) in [5.74, 6) is 0. The normalized spacial score (nSPS) is 17.8. The minimum Gasteiger partial charge on any atom is -0.358 e. The molecule has 1 aliphatic rings. The number of fused-ring (bicyclic) bond motifs is 1. The van der Waals surface area contributed by atoms with Crippen molar-refractivity contribution in [3.05, 3.63) is 65.6 Å².